The van der Waals surface area contributed by atoms with E-state index in [2.05, 4.69) is 29.7 Å². The molecule has 0 amide bonds. The average molecular weight is 456 g/mol. The third kappa shape index (κ3) is 4.99. The number of rotatable bonds is 8. The predicted octanol–water partition coefficient (Wildman–Crippen LogP) is 6.53. The van der Waals surface area contributed by atoms with Gasteiger partial charge in [-0.05, 0) is 80.9 Å². The van der Waals surface area contributed by atoms with Crippen molar-refractivity contribution >= 4 is 5.97 Å². The van der Waals surface area contributed by atoms with Crippen LogP contribution in [0.15, 0.2) is 78.9 Å². The van der Waals surface area contributed by atoms with Gasteiger partial charge in [0, 0.05) is 16.9 Å². The fraction of sp³-hybridized carbons (Fsp3) is 0.207. The molecule has 1 aromatic heterocycles. The Kier molecular flexibility index (Phi) is 7.02. The van der Waals surface area contributed by atoms with Crippen LogP contribution in [0, 0.1) is 13.8 Å². The van der Waals surface area contributed by atoms with Crippen molar-refractivity contribution in [2.24, 2.45) is 0 Å². The van der Waals surface area contributed by atoms with Crippen LogP contribution in [-0.2, 0) is 11.3 Å². The molecule has 34 heavy (non-hydrogen) atoms. The van der Waals surface area contributed by atoms with Gasteiger partial charge in [-0.25, -0.2) is 4.79 Å². The fourth-order valence-electron chi connectivity index (χ4n) is 3.97. The number of esters is 1. The first-order chi connectivity index (χ1) is 16.5. The lowest BCUT2D eigenvalue weighted by atomic mass is 10.1. The summed E-state index contributed by atoms with van der Waals surface area (Å²) in [5.41, 5.74) is 6.60. The molecule has 5 heteroatoms. The minimum atomic E-state index is -0.325. The Morgan fingerprint density at radius 1 is 0.912 bits per heavy atom. The second kappa shape index (κ2) is 10.3. The van der Waals surface area contributed by atoms with Crippen LogP contribution in [0.5, 0.6) is 11.5 Å². The lowest BCUT2D eigenvalue weighted by Crippen LogP contribution is -2.07. The maximum absolute atomic E-state index is 12.3. The Hall–Kier alpha value is -3.99. The quantitative estimate of drug-likeness (QED) is 0.284. The summed E-state index contributed by atoms with van der Waals surface area (Å²) in [6.07, 6.45) is 0. The van der Waals surface area contributed by atoms with Crippen LogP contribution in [0.4, 0.5) is 0 Å². The molecule has 0 saturated carbocycles. The van der Waals surface area contributed by atoms with Crippen molar-refractivity contribution in [3.8, 4) is 28.4 Å². The summed E-state index contributed by atoms with van der Waals surface area (Å²) in [6, 6.07) is 25.7. The third-order valence-corrected chi connectivity index (χ3v) is 5.63. The van der Waals surface area contributed by atoms with E-state index in [1.807, 2.05) is 61.5 Å². The van der Waals surface area contributed by atoms with Crippen LogP contribution in [-0.4, -0.2) is 24.3 Å². The third-order valence-electron chi connectivity index (χ3n) is 5.63. The number of nitrogens with zero attached hydrogens (tertiary/aromatic N) is 1. The summed E-state index contributed by atoms with van der Waals surface area (Å²) < 4.78 is 18.9. The Bertz CT molecular complexity index is 1310. The number of hydrogen-bond donors (Lipinski definition) is 0. The fourth-order valence-corrected chi connectivity index (χ4v) is 3.97. The van der Waals surface area contributed by atoms with Crippen LogP contribution >= 0.6 is 0 Å². The van der Waals surface area contributed by atoms with E-state index in [0.717, 1.165) is 45.3 Å². The van der Waals surface area contributed by atoms with Gasteiger partial charge in [-0.1, -0.05) is 29.8 Å². The lowest BCUT2D eigenvalue weighted by Gasteiger charge is -2.17. The van der Waals surface area contributed by atoms with Gasteiger partial charge in [0.15, 0.2) is 0 Å². The normalized spacial score (nSPS) is 10.7. The number of hydrogen-bond acceptors (Lipinski definition) is 4. The number of aromatic nitrogens is 1. The van der Waals surface area contributed by atoms with Gasteiger partial charge in [0.1, 0.15) is 18.1 Å². The first kappa shape index (κ1) is 23.2. The molecule has 174 valence electrons. The van der Waals surface area contributed by atoms with E-state index in [-0.39, 0.29) is 5.97 Å². The highest BCUT2D eigenvalue weighted by atomic mass is 16.5. The van der Waals surface area contributed by atoms with Gasteiger partial charge in [0.05, 0.1) is 25.0 Å². The van der Waals surface area contributed by atoms with Crippen molar-refractivity contribution in [3.63, 3.8) is 0 Å². The van der Waals surface area contributed by atoms with Crippen molar-refractivity contribution in [3.05, 3.63) is 101 Å². The maximum Gasteiger partial charge on any atom is 0.338 e. The Balaban J connectivity index is 1.72. The highest BCUT2D eigenvalue weighted by Crippen LogP contribution is 2.35. The summed E-state index contributed by atoms with van der Waals surface area (Å²) in [5.74, 6) is 1.26. The number of carbonyl (C=O) groups excluding carboxylic acids is 1. The highest BCUT2D eigenvalue weighted by Gasteiger charge is 2.16. The Morgan fingerprint density at radius 3 is 2.53 bits per heavy atom. The molecule has 0 fully saturated rings. The summed E-state index contributed by atoms with van der Waals surface area (Å²) in [6.45, 7) is 6.68. The molecule has 4 aromatic rings. The Morgan fingerprint density at radius 2 is 1.74 bits per heavy atom. The van der Waals surface area contributed by atoms with Crippen LogP contribution in [0.1, 0.15) is 34.1 Å². The monoisotopic (exact) mass is 455 g/mol. The molecule has 3 aromatic carbocycles. The standard InChI is InChI=1S/C29H29NO4/c1-5-33-29(31)23-9-7-10-24(18-23)30-21(3)13-14-27(30)26-16-20(2)12-15-28(26)34-19-22-8-6-11-25(17-22)32-4/h6-18H,5,19H2,1-4H3. The number of carbonyl (C=O) groups is 1. The van der Waals surface area contributed by atoms with E-state index in [1.165, 1.54) is 0 Å². The summed E-state index contributed by atoms with van der Waals surface area (Å²) in [7, 11) is 1.66. The van der Waals surface area contributed by atoms with Gasteiger partial charge in [-0.15, -0.1) is 0 Å². The number of benzene rings is 3. The molecule has 0 bridgehead atoms. The van der Waals surface area contributed by atoms with Crippen LogP contribution in [0.25, 0.3) is 16.9 Å². The molecule has 0 aliphatic carbocycles. The van der Waals surface area contributed by atoms with Crippen molar-refractivity contribution in [1.29, 1.82) is 0 Å². The molecule has 4 rings (SSSR count). The van der Waals surface area contributed by atoms with Crippen molar-refractivity contribution in [2.45, 2.75) is 27.4 Å². The lowest BCUT2D eigenvalue weighted by molar-refractivity contribution is 0.0526. The molecule has 0 unspecified atom stereocenters. The zero-order valence-corrected chi connectivity index (χ0v) is 20.0. The summed E-state index contributed by atoms with van der Waals surface area (Å²) in [4.78, 5) is 12.3. The first-order valence-corrected chi connectivity index (χ1v) is 11.3. The van der Waals surface area contributed by atoms with Gasteiger partial charge < -0.3 is 18.8 Å². The second-order valence-electron chi connectivity index (χ2n) is 8.11. The highest BCUT2D eigenvalue weighted by molar-refractivity contribution is 5.90. The molecule has 1 heterocycles. The van der Waals surface area contributed by atoms with Gasteiger partial charge in [0.2, 0.25) is 0 Å². The number of ether oxygens (including phenoxy) is 3. The van der Waals surface area contributed by atoms with E-state index in [9.17, 15) is 4.79 Å². The topological polar surface area (TPSA) is 49.7 Å². The van der Waals surface area contributed by atoms with Crippen molar-refractivity contribution in [2.75, 3.05) is 13.7 Å². The molecule has 0 N–H and O–H groups in total. The van der Waals surface area contributed by atoms with Gasteiger partial charge in [0.25, 0.3) is 0 Å². The molecular weight excluding hydrogens is 426 g/mol. The Labute approximate surface area is 200 Å². The minimum Gasteiger partial charge on any atom is -0.497 e. The summed E-state index contributed by atoms with van der Waals surface area (Å²) >= 11 is 0. The number of methoxy groups -OCH3 is 1. The number of aryl methyl sites for hydroxylation is 2. The summed E-state index contributed by atoms with van der Waals surface area (Å²) in [5, 5.41) is 0. The molecule has 0 atom stereocenters. The smallest absolute Gasteiger partial charge is 0.338 e. The molecule has 0 saturated heterocycles. The molecular formula is C29H29NO4. The SMILES string of the molecule is CCOC(=O)c1cccc(-n2c(C)ccc2-c2cc(C)ccc2OCc2cccc(OC)c2)c1. The first-order valence-electron chi connectivity index (χ1n) is 11.3. The molecule has 0 aliphatic heterocycles. The average Bonchev–Trinajstić information content (AvgIpc) is 3.24. The molecule has 0 aliphatic rings. The zero-order valence-electron chi connectivity index (χ0n) is 20.0. The van der Waals surface area contributed by atoms with Crippen molar-refractivity contribution < 1.29 is 19.0 Å². The predicted molar refractivity (Wildman–Crippen MR) is 134 cm³/mol. The van der Waals surface area contributed by atoms with E-state index < -0.39 is 0 Å². The zero-order chi connectivity index (χ0) is 24.1. The molecule has 0 spiro atoms. The van der Waals surface area contributed by atoms with Gasteiger partial charge in [-0.2, -0.15) is 0 Å². The second-order valence-corrected chi connectivity index (χ2v) is 8.11. The van der Waals surface area contributed by atoms with Crippen LogP contribution < -0.4 is 9.47 Å². The van der Waals surface area contributed by atoms with Crippen molar-refractivity contribution in [1.82, 2.24) is 4.57 Å². The molecule has 5 nitrogen and oxygen atoms in total. The van der Waals surface area contributed by atoms with Gasteiger partial charge >= 0.3 is 5.97 Å². The van der Waals surface area contributed by atoms with Crippen LogP contribution in [0.2, 0.25) is 0 Å². The largest absolute Gasteiger partial charge is 0.497 e. The van der Waals surface area contributed by atoms with E-state index in [4.69, 9.17) is 14.2 Å². The minimum absolute atomic E-state index is 0.325. The molecule has 0 radical (unpaired) electrons. The van der Waals surface area contributed by atoms with Gasteiger partial charge in [-0.3, -0.25) is 0 Å². The van der Waals surface area contributed by atoms with E-state index >= 15 is 0 Å². The van der Waals surface area contributed by atoms with Crippen LogP contribution in [0.3, 0.4) is 0 Å². The van der Waals surface area contributed by atoms with E-state index in [1.54, 1.807) is 20.1 Å². The van der Waals surface area contributed by atoms with E-state index in [0.29, 0.717) is 18.8 Å². The maximum atomic E-state index is 12.3.